The van der Waals surface area contributed by atoms with Crippen LogP contribution in [0.4, 0.5) is 23.4 Å². The summed E-state index contributed by atoms with van der Waals surface area (Å²) in [5.74, 6) is -3.25. The van der Waals surface area contributed by atoms with E-state index in [0.29, 0.717) is 40.6 Å². The maximum absolute atomic E-state index is 15.5. The lowest BCUT2D eigenvalue weighted by Crippen LogP contribution is -2.45. The van der Waals surface area contributed by atoms with Crippen molar-refractivity contribution in [3.63, 3.8) is 0 Å². The molecule has 1 N–H and O–H groups in total. The highest BCUT2D eigenvalue weighted by molar-refractivity contribution is 5.81. The number of aliphatic imine (C=N–C) groups is 1. The smallest absolute Gasteiger partial charge is 0.285 e. The second-order valence-electron chi connectivity index (χ2n) is 10.6. The minimum atomic E-state index is -2.75. The molecule has 2 saturated heterocycles. The lowest BCUT2D eigenvalue weighted by atomic mass is 9.80. The molecule has 0 aliphatic carbocycles. The quantitative estimate of drug-likeness (QED) is 0.341. The summed E-state index contributed by atoms with van der Waals surface area (Å²) in [6.45, 7) is 4.74. The molecule has 1 atom stereocenters. The molecule has 3 aliphatic rings. The summed E-state index contributed by atoms with van der Waals surface area (Å²) in [5, 5.41) is 3.36. The fourth-order valence-electron chi connectivity index (χ4n) is 5.16. The topological polar surface area (TPSA) is 71.9 Å². The Balaban J connectivity index is 1.48. The Bertz CT molecular complexity index is 1450. The number of pyridine rings is 2. The summed E-state index contributed by atoms with van der Waals surface area (Å²) in [6, 6.07) is 8.60. The Morgan fingerprint density at radius 1 is 1.05 bits per heavy atom. The average molecular weight is 542 g/mol. The Labute approximate surface area is 222 Å². The van der Waals surface area contributed by atoms with E-state index < -0.39 is 23.2 Å². The third-order valence-corrected chi connectivity index (χ3v) is 7.23. The van der Waals surface area contributed by atoms with Gasteiger partial charge in [-0.1, -0.05) is 19.9 Å². The first-order valence-electron chi connectivity index (χ1n) is 12.9. The summed E-state index contributed by atoms with van der Waals surface area (Å²) in [6.07, 6.45) is 2.00. The number of nitrogens with one attached hydrogen (secondary N) is 1. The van der Waals surface area contributed by atoms with Gasteiger partial charge in [0.25, 0.3) is 17.9 Å². The van der Waals surface area contributed by atoms with Crippen molar-refractivity contribution in [2.75, 3.05) is 31.1 Å². The molecule has 0 unspecified atom stereocenters. The van der Waals surface area contributed by atoms with Crippen LogP contribution in [0.25, 0.3) is 11.1 Å². The Hall–Kier alpha value is -3.89. The molecule has 2 fully saturated rings. The number of piperidine rings is 1. The molecule has 7 nitrogen and oxygen atoms in total. The minimum absolute atomic E-state index is 0.0460. The highest BCUT2D eigenvalue weighted by atomic mass is 19.3. The number of aromatic nitrogens is 2. The van der Waals surface area contributed by atoms with Gasteiger partial charge in [0.05, 0.1) is 6.20 Å². The summed E-state index contributed by atoms with van der Waals surface area (Å²) in [7, 11) is 0. The van der Waals surface area contributed by atoms with E-state index in [2.05, 4.69) is 20.3 Å². The molecule has 0 amide bonds. The first-order chi connectivity index (χ1) is 18.6. The molecule has 6 rings (SSSR count). The minimum Gasteiger partial charge on any atom is -0.462 e. The zero-order valence-corrected chi connectivity index (χ0v) is 21.5. The number of hydrogen-bond donors (Lipinski definition) is 1. The standard InChI is InChI=1S/C28H27F4N5O2/c1-16(2)12-34-26-36-28(15-38-26)20-10-17(18-9-19(29)14-33-13-18)3-4-22(20)39-24-21(28)11-23(35-25(24)30)37-7-5-27(31,32)6-8-37/h3-4,9-11,13-14,16H,5-8,12,15H2,1-2H3,(H,34,36)/t28-/m0/s1. The second-order valence-corrected chi connectivity index (χ2v) is 10.6. The van der Waals surface area contributed by atoms with Crippen LogP contribution in [0.15, 0.2) is 47.7 Å². The van der Waals surface area contributed by atoms with E-state index in [0.717, 1.165) is 6.20 Å². The number of benzene rings is 1. The molecule has 0 bridgehead atoms. The van der Waals surface area contributed by atoms with Crippen LogP contribution in [0.5, 0.6) is 11.5 Å². The van der Waals surface area contributed by atoms with Crippen LogP contribution < -0.4 is 15.0 Å². The predicted molar refractivity (Wildman–Crippen MR) is 137 cm³/mol. The number of alkyl halides is 2. The van der Waals surface area contributed by atoms with E-state index in [4.69, 9.17) is 9.47 Å². The molecule has 204 valence electrons. The van der Waals surface area contributed by atoms with Gasteiger partial charge in [-0.05, 0) is 35.7 Å². The van der Waals surface area contributed by atoms with Crippen molar-refractivity contribution in [3.8, 4) is 22.6 Å². The lowest BCUT2D eigenvalue weighted by molar-refractivity contribution is -0.0221. The Kier molecular flexibility index (Phi) is 6.11. The molecule has 0 radical (unpaired) electrons. The molecule has 2 aromatic heterocycles. The fraction of sp³-hybridized carbons (Fsp3) is 0.393. The molecule has 1 aromatic carbocycles. The molecule has 0 saturated carbocycles. The lowest BCUT2D eigenvalue weighted by Gasteiger charge is -2.37. The van der Waals surface area contributed by atoms with Crippen LogP contribution >= 0.6 is 0 Å². The summed E-state index contributed by atoms with van der Waals surface area (Å²) in [4.78, 5) is 14.2. The second kappa shape index (κ2) is 9.39. The highest BCUT2D eigenvalue weighted by Gasteiger charge is 2.50. The van der Waals surface area contributed by atoms with Gasteiger partial charge >= 0.3 is 0 Å². The number of halogens is 4. The summed E-state index contributed by atoms with van der Waals surface area (Å²) in [5.41, 5.74) is 1.16. The monoisotopic (exact) mass is 541 g/mol. The van der Waals surface area contributed by atoms with E-state index in [-0.39, 0.29) is 50.0 Å². The van der Waals surface area contributed by atoms with Crippen molar-refractivity contribution in [3.05, 3.63) is 65.6 Å². The average Bonchev–Trinajstić information content (AvgIpc) is 3.33. The zero-order valence-electron chi connectivity index (χ0n) is 21.5. The normalized spacial score (nSPS) is 22.3. The molecular weight excluding hydrogens is 514 g/mol. The first-order valence-corrected chi connectivity index (χ1v) is 12.9. The third-order valence-electron chi connectivity index (χ3n) is 7.23. The molecule has 1 spiro atoms. The summed E-state index contributed by atoms with van der Waals surface area (Å²) < 4.78 is 69.1. The number of nitrogens with zero attached hydrogens (tertiary/aromatic N) is 4. The summed E-state index contributed by atoms with van der Waals surface area (Å²) >= 11 is 0. The van der Waals surface area contributed by atoms with Gasteiger partial charge in [0.1, 0.15) is 29.5 Å². The molecular formula is C28H27F4N5O2. The van der Waals surface area contributed by atoms with Crippen molar-refractivity contribution in [2.45, 2.75) is 38.2 Å². The van der Waals surface area contributed by atoms with Crippen molar-refractivity contribution < 1.29 is 27.0 Å². The number of ether oxygens (including phenoxy) is 2. The van der Waals surface area contributed by atoms with Crippen LogP contribution in [0.2, 0.25) is 0 Å². The Morgan fingerprint density at radius 3 is 2.59 bits per heavy atom. The highest BCUT2D eigenvalue weighted by Crippen LogP contribution is 2.51. The van der Waals surface area contributed by atoms with Gasteiger partial charge < -0.3 is 19.7 Å². The van der Waals surface area contributed by atoms with E-state index in [1.54, 1.807) is 29.3 Å². The van der Waals surface area contributed by atoms with Gasteiger partial charge in [0.2, 0.25) is 0 Å². The van der Waals surface area contributed by atoms with Crippen LogP contribution in [-0.4, -0.2) is 48.2 Å². The van der Waals surface area contributed by atoms with Crippen molar-refractivity contribution in [1.29, 1.82) is 0 Å². The van der Waals surface area contributed by atoms with Gasteiger partial charge in [0.15, 0.2) is 5.75 Å². The van der Waals surface area contributed by atoms with Gasteiger partial charge in [0, 0.05) is 55.4 Å². The number of rotatable bonds is 4. The van der Waals surface area contributed by atoms with Crippen LogP contribution in [-0.2, 0) is 10.3 Å². The van der Waals surface area contributed by atoms with Crippen molar-refractivity contribution in [2.24, 2.45) is 10.9 Å². The molecule has 5 heterocycles. The van der Waals surface area contributed by atoms with Crippen LogP contribution in [0.3, 0.4) is 0 Å². The van der Waals surface area contributed by atoms with E-state index in [1.165, 1.54) is 6.07 Å². The van der Waals surface area contributed by atoms with Crippen LogP contribution in [0, 0.1) is 17.7 Å². The largest absolute Gasteiger partial charge is 0.462 e. The van der Waals surface area contributed by atoms with Crippen molar-refractivity contribution in [1.82, 2.24) is 15.3 Å². The van der Waals surface area contributed by atoms with Gasteiger partial charge in [-0.25, -0.2) is 18.2 Å². The molecule has 3 aromatic rings. The van der Waals surface area contributed by atoms with E-state index in [1.807, 2.05) is 19.9 Å². The van der Waals surface area contributed by atoms with Gasteiger partial charge in [-0.3, -0.25) is 4.98 Å². The van der Waals surface area contributed by atoms with Crippen LogP contribution in [0.1, 0.15) is 37.8 Å². The SMILES string of the molecule is CC(C)CN=C1N[C@@]2(CO1)c1cc(-c3cncc(F)c3)ccc1Oc1c2cc(N2CCC(F)(F)CC2)nc1F. The first kappa shape index (κ1) is 25.4. The van der Waals surface area contributed by atoms with E-state index in [9.17, 15) is 13.2 Å². The van der Waals surface area contributed by atoms with Crippen molar-refractivity contribution >= 4 is 11.8 Å². The van der Waals surface area contributed by atoms with Gasteiger partial charge in [-0.15, -0.1) is 0 Å². The number of amidine groups is 1. The maximum Gasteiger partial charge on any atom is 0.285 e. The van der Waals surface area contributed by atoms with Gasteiger partial charge in [-0.2, -0.15) is 9.37 Å². The zero-order chi connectivity index (χ0) is 27.4. The molecule has 39 heavy (non-hydrogen) atoms. The predicted octanol–water partition coefficient (Wildman–Crippen LogP) is 5.64. The third kappa shape index (κ3) is 4.63. The fourth-order valence-corrected chi connectivity index (χ4v) is 5.16. The number of hydrogen-bond acceptors (Lipinski definition) is 6. The maximum atomic E-state index is 15.5. The number of anilines is 1. The molecule has 3 aliphatic heterocycles. The Morgan fingerprint density at radius 2 is 1.85 bits per heavy atom. The molecule has 11 heteroatoms. The number of fused-ring (bicyclic) bond motifs is 4. The van der Waals surface area contributed by atoms with E-state index >= 15 is 4.39 Å².